The van der Waals surface area contributed by atoms with Crippen molar-refractivity contribution in [1.29, 1.82) is 0 Å². The number of carboxylic acid groups (broad SMARTS) is 2. The van der Waals surface area contributed by atoms with Gasteiger partial charge in [0, 0.05) is 5.57 Å². The molecule has 0 aliphatic carbocycles. The highest BCUT2D eigenvalue weighted by atomic mass is 16.4. The minimum atomic E-state index is -1.01. The minimum Gasteiger partial charge on any atom is -0.481 e. The molecule has 0 aromatic carbocycles. The number of rotatable bonds is 12. The molecule has 0 aliphatic rings. The molecule has 0 saturated carbocycles. The minimum absolute atomic E-state index is 0.217. The molecule has 0 radical (unpaired) electrons. The van der Waals surface area contributed by atoms with Crippen molar-refractivity contribution in [2.75, 3.05) is 0 Å². The third kappa shape index (κ3) is 11.3. The highest BCUT2D eigenvalue weighted by molar-refractivity contribution is 5.87. The Bertz CT molecular complexity index is 318. The molecule has 2 N–H and O–H groups in total. The van der Waals surface area contributed by atoms with Crippen LogP contribution in [-0.4, -0.2) is 22.2 Å². The van der Waals surface area contributed by atoms with Gasteiger partial charge in [-0.15, -0.1) is 6.58 Å². The summed E-state index contributed by atoms with van der Waals surface area (Å²) >= 11 is 0. The predicted molar refractivity (Wildman–Crippen MR) is 75.1 cm³/mol. The normalized spacial score (nSPS) is 11.3. The number of unbranched alkanes of at least 4 members (excludes halogenated alkanes) is 6. The number of hydrogen-bond acceptors (Lipinski definition) is 2. The van der Waals surface area contributed by atoms with E-state index in [1.807, 2.05) is 6.08 Å². The summed E-state index contributed by atoms with van der Waals surface area (Å²) in [5.74, 6) is -2.01. The van der Waals surface area contributed by atoms with Crippen LogP contribution in [0.15, 0.2) is 24.3 Å². The van der Waals surface area contributed by atoms with Gasteiger partial charge in [-0.25, -0.2) is 4.79 Å². The zero-order valence-corrected chi connectivity index (χ0v) is 11.4. The number of aliphatic carboxylic acids is 2. The largest absolute Gasteiger partial charge is 0.481 e. The molecule has 0 aromatic rings. The van der Waals surface area contributed by atoms with Crippen molar-refractivity contribution in [2.45, 2.75) is 57.8 Å². The summed E-state index contributed by atoms with van der Waals surface area (Å²) < 4.78 is 0. The van der Waals surface area contributed by atoms with Crippen molar-refractivity contribution < 1.29 is 19.8 Å². The summed E-state index contributed by atoms with van der Waals surface area (Å²) in [7, 11) is 0. The number of carbonyl (C=O) groups is 2. The van der Waals surface area contributed by atoms with E-state index in [0.29, 0.717) is 6.42 Å². The third-order valence-corrected chi connectivity index (χ3v) is 2.90. The maximum atomic E-state index is 10.9. The summed E-state index contributed by atoms with van der Waals surface area (Å²) in [5.41, 5.74) is 0.217. The number of allylic oxidation sites excluding steroid dienone is 1. The molecule has 4 nitrogen and oxygen atoms in total. The van der Waals surface area contributed by atoms with Crippen LogP contribution >= 0.6 is 0 Å². The van der Waals surface area contributed by atoms with Gasteiger partial charge in [-0.2, -0.15) is 0 Å². The molecule has 19 heavy (non-hydrogen) atoms. The Labute approximate surface area is 114 Å². The standard InChI is InChI=1S/C15H24O4/c1-2-3-4-5-6-7-8-9-10-13(15(18)19)11-12-14(16)17/h2,11H,1,3-10,12H2,(H,16,17)(H,18,19). The van der Waals surface area contributed by atoms with Gasteiger partial charge in [0.05, 0.1) is 6.42 Å². The first-order valence-electron chi connectivity index (χ1n) is 6.83. The Kier molecular flexibility index (Phi) is 10.6. The monoisotopic (exact) mass is 268 g/mol. The van der Waals surface area contributed by atoms with E-state index in [4.69, 9.17) is 10.2 Å². The van der Waals surface area contributed by atoms with Gasteiger partial charge < -0.3 is 10.2 Å². The third-order valence-electron chi connectivity index (χ3n) is 2.90. The van der Waals surface area contributed by atoms with E-state index in [1.165, 1.54) is 18.9 Å². The van der Waals surface area contributed by atoms with Gasteiger partial charge >= 0.3 is 11.9 Å². The van der Waals surface area contributed by atoms with Gasteiger partial charge in [0.1, 0.15) is 0 Å². The van der Waals surface area contributed by atoms with Gasteiger partial charge in [-0.3, -0.25) is 4.79 Å². The SMILES string of the molecule is C=CCCCCCCCCC(=CCC(=O)O)C(=O)O. The van der Waals surface area contributed by atoms with Gasteiger partial charge in [0.25, 0.3) is 0 Å². The van der Waals surface area contributed by atoms with Crippen LogP contribution in [0.3, 0.4) is 0 Å². The van der Waals surface area contributed by atoms with Gasteiger partial charge in [-0.1, -0.05) is 37.8 Å². The molecular formula is C15H24O4. The summed E-state index contributed by atoms with van der Waals surface area (Å²) in [5, 5.41) is 17.4. The van der Waals surface area contributed by atoms with Gasteiger partial charge in [0.2, 0.25) is 0 Å². The van der Waals surface area contributed by atoms with E-state index in [9.17, 15) is 9.59 Å². The van der Waals surface area contributed by atoms with Crippen LogP contribution in [0.25, 0.3) is 0 Å². The predicted octanol–water partition coefficient (Wildman–Crippen LogP) is 3.78. The Morgan fingerprint density at radius 3 is 2.05 bits per heavy atom. The Morgan fingerprint density at radius 1 is 0.947 bits per heavy atom. The van der Waals surface area contributed by atoms with E-state index in [0.717, 1.165) is 32.1 Å². The first-order valence-corrected chi connectivity index (χ1v) is 6.83. The van der Waals surface area contributed by atoms with Crippen LogP contribution in [0.1, 0.15) is 57.8 Å². The first kappa shape index (κ1) is 17.4. The molecule has 0 heterocycles. The lowest BCUT2D eigenvalue weighted by Crippen LogP contribution is -2.02. The van der Waals surface area contributed by atoms with Crippen LogP contribution in [0.4, 0.5) is 0 Å². The molecule has 0 aromatic heterocycles. The van der Waals surface area contributed by atoms with E-state index in [-0.39, 0.29) is 12.0 Å². The fourth-order valence-corrected chi connectivity index (χ4v) is 1.82. The fraction of sp³-hybridized carbons (Fsp3) is 0.600. The molecule has 0 atom stereocenters. The Balaban J connectivity index is 3.70. The number of hydrogen-bond donors (Lipinski definition) is 2. The smallest absolute Gasteiger partial charge is 0.331 e. The van der Waals surface area contributed by atoms with Crippen LogP contribution in [0.2, 0.25) is 0 Å². The molecule has 0 saturated heterocycles. The first-order chi connectivity index (χ1) is 9.07. The molecular weight excluding hydrogens is 244 g/mol. The van der Waals surface area contributed by atoms with Gasteiger partial charge in [-0.05, 0) is 25.7 Å². The second-order valence-corrected chi connectivity index (χ2v) is 4.58. The summed E-state index contributed by atoms with van der Waals surface area (Å²) in [6, 6.07) is 0. The lowest BCUT2D eigenvalue weighted by atomic mass is 10.0. The molecule has 0 rings (SSSR count). The zero-order valence-electron chi connectivity index (χ0n) is 11.4. The molecule has 0 unspecified atom stereocenters. The second kappa shape index (κ2) is 11.5. The molecule has 108 valence electrons. The van der Waals surface area contributed by atoms with Crippen molar-refractivity contribution in [3.05, 3.63) is 24.3 Å². The lowest BCUT2D eigenvalue weighted by Gasteiger charge is -2.03. The molecule has 0 aliphatic heterocycles. The molecule has 0 spiro atoms. The second-order valence-electron chi connectivity index (χ2n) is 4.58. The molecule has 0 amide bonds. The maximum absolute atomic E-state index is 10.9. The lowest BCUT2D eigenvalue weighted by molar-refractivity contribution is -0.136. The quantitative estimate of drug-likeness (QED) is 0.321. The topological polar surface area (TPSA) is 74.6 Å². The summed E-state index contributed by atoms with van der Waals surface area (Å²) in [4.78, 5) is 21.3. The van der Waals surface area contributed by atoms with Crippen molar-refractivity contribution in [2.24, 2.45) is 0 Å². The van der Waals surface area contributed by atoms with E-state index >= 15 is 0 Å². The summed E-state index contributed by atoms with van der Waals surface area (Å²) in [6.45, 7) is 3.67. The average Bonchev–Trinajstić information content (AvgIpc) is 2.35. The van der Waals surface area contributed by atoms with Gasteiger partial charge in [0.15, 0.2) is 0 Å². The molecule has 4 heteroatoms. The van der Waals surface area contributed by atoms with Crippen LogP contribution in [0, 0.1) is 0 Å². The number of carboxylic acids is 2. The van der Waals surface area contributed by atoms with Crippen LogP contribution < -0.4 is 0 Å². The van der Waals surface area contributed by atoms with Crippen molar-refractivity contribution in [3.63, 3.8) is 0 Å². The average molecular weight is 268 g/mol. The van der Waals surface area contributed by atoms with Crippen molar-refractivity contribution >= 4 is 11.9 Å². The van der Waals surface area contributed by atoms with Crippen LogP contribution in [0.5, 0.6) is 0 Å². The molecule has 0 fully saturated rings. The highest BCUT2D eigenvalue weighted by Crippen LogP contribution is 2.13. The van der Waals surface area contributed by atoms with Crippen molar-refractivity contribution in [3.8, 4) is 0 Å². The highest BCUT2D eigenvalue weighted by Gasteiger charge is 2.07. The van der Waals surface area contributed by atoms with E-state index in [1.54, 1.807) is 0 Å². The van der Waals surface area contributed by atoms with E-state index < -0.39 is 11.9 Å². The Morgan fingerprint density at radius 2 is 1.53 bits per heavy atom. The molecule has 0 bridgehead atoms. The summed E-state index contributed by atoms with van der Waals surface area (Å²) in [6.07, 6.45) is 10.9. The van der Waals surface area contributed by atoms with E-state index in [2.05, 4.69) is 6.58 Å². The zero-order chi connectivity index (χ0) is 14.5. The van der Waals surface area contributed by atoms with Crippen LogP contribution in [-0.2, 0) is 9.59 Å². The maximum Gasteiger partial charge on any atom is 0.331 e. The van der Waals surface area contributed by atoms with Crippen molar-refractivity contribution in [1.82, 2.24) is 0 Å². The fourth-order valence-electron chi connectivity index (χ4n) is 1.82. The Hall–Kier alpha value is -1.58.